The quantitative estimate of drug-likeness (QED) is 0.627. The fraction of sp³-hybridized carbons (Fsp3) is 1.00. The molecule has 0 spiro atoms. The van der Waals surface area contributed by atoms with Gasteiger partial charge in [-0.1, -0.05) is 6.92 Å². The maximum Gasteiger partial charge on any atom is 0.417 e. The molecule has 0 aliphatic heterocycles. The second kappa shape index (κ2) is 2.41. The van der Waals surface area contributed by atoms with Crippen molar-refractivity contribution in [1.82, 2.24) is 0 Å². The molecule has 4 heteroatoms. The van der Waals surface area contributed by atoms with E-state index in [9.17, 15) is 18.3 Å². The first-order valence-corrected chi connectivity index (χ1v) is 4.63. The molecule has 2 aliphatic carbocycles. The minimum absolute atomic E-state index is 0.0802. The Morgan fingerprint density at radius 2 is 1.92 bits per heavy atom. The number of rotatable bonds is 0. The molecule has 0 aromatic heterocycles. The van der Waals surface area contributed by atoms with Gasteiger partial charge in [-0.05, 0) is 37.0 Å². The summed E-state index contributed by atoms with van der Waals surface area (Å²) in [6, 6.07) is 0. The summed E-state index contributed by atoms with van der Waals surface area (Å²) in [5.74, 6) is -0.114. The molecule has 2 fully saturated rings. The van der Waals surface area contributed by atoms with Crippen molar-refractivity contribution in [3.63, 3.8) is 0 Å². The predicted octanol–water partition coefficient (Wildman–Crippen LogP) is 2.35. The van der Waals surface area contributed by atoms with Gasteiger partial charge in [-0.25, -0.2) is 0 Å². The number of halogens is 3. The van der Waals surface area contributed by atoms with Crippen molar-refractivity contribution in [1.29, 1.82) is 0 Å². The van der Waals surface area contributed by atoms with E-state index in [0.29, 0.717) is 18.8 Å². The van der Waals surface area contributed by atoms with Crippen LogP contribution >= 0.6 is 0 Å². The average molecular weight is 194 g/mol. The molecule has 0 amide bonds. The molecule has 1 N–H and O–H groups in total. The second-order valence-electron chi connectivity index (χ2n) is 4.53. The van der Waals surface area contributed by atoms with Crippen LogP contribution in [0.5, 0.6) is 0 Å². The SMILES string of the molecule is C[C@@H]1CC2C[C@H]1CC2(O)C(F)(F)F. The lowest BCUT2D eigenvalue weighted by Crippen LogP contribution is -2.50. The van der Waals surface area contributed by atoms with E-state index in [4.69, 9.17) is 0 Å². The third-order valence-corrected chi connectivity index (χ3v) is 3.79. The highest BCUT2D eigenvalue weighted by Gasteiger charge is 2.65. The molecule has 0 aromatic carbocycles. The van der Waals surface area contributed by atoms with Gasteiger partial charge in [0, 0.05) is 0 Å². The maximum absolute atomic E-state index is 12.5. The van der Waals surface area contributed by atoms with Crippen LogP contribution in [0.25, 0.3) is 0 Å². The first kappa shape index (κ1) is 9.31. The maximum atomic E-state index is 12.5. The molecule has 2 saturated carbocycles. The molecule has 0 saturated heterocycles. The molecule has 2 unspecified atom stereocenters. The van der Waals surface area contributed by atoms with E-state index in [1.807, 2.05) is 6.92 Å². The molecule has 13 heavy (non-hydrogen) atoms. The third kappa shape index (κ3) is 1.11. The minimum atomic E-state index is -4.44. The van der Waals surface area contributed by atoms with Gasteiger partial charge in [-0.15, -0.1) is 0 Å². The van der Waals surface area contributed by atoms with Crippen LogP contribution in [0.4, 0.5) is 13.2 Å². The molecule has 2 bridgehead atoms. The van der Waals surface area contributed by atoms with Crippen molar-refractivity contribution in [2.45, 2.75) is 38.0 Å². The predicted molar refractivity (Wildman–Crippen MR) is 41.0 cm³/mol. The summed E-state index contributed by atoms with van der Waals surface area (Å²) in [6.07, 6.45) is -3.44. The van der Waals surface area contributed by atoms with Gasteiger partial charge in [0.15, 0.2) is 5.60 Å². The molecule has 0 heterocycles. The van der Waals surface area contributed by atoms with Crippen LogP contribution in [0.3, 0.4) is 0 Å². The summed E-state index contributed by atoms with van der Waals surface area (Å²) >= 11 is 0. The van der Waals surface area contributed by atoms with Gasteiger partial charge in [0.1, 0.15) is 0 Å². The normalized spacial score (nSPS) is 50.1. The van der Waals surface area contributed by atoms with Crippen LogP contribution in [0.2, 0.25) is 0 Å². The van der Waals surface area contributed by atoms with E-state index in [0.717, 1.165) is 0 Å². The van der Waals surface area contributed by atoms with Gasteiger partial charge < -0.3 is 5.11 Å². The van der Waals surface area contributed by atoms with Crippen molar-refractivity contribution in [3.05, 3.63) is 0 Å². The van der Waals surface area contributed by atoms with Crippen molar-refractivity contribution >= 4 is 0 Å². The molecular weight excluding hydrogens is 181 g/mol. The van der Waals surface area contributed by atoms with Crippen molar-refractivity contribution in [2.75, 3.05) is 0 Å². The van der Waals surface area contributed by atoms with Crippen LogP contribution in [0.1, 0.15) is 26.2 Å². The van der Waals surface area contributed by atoms with Crippen LogP contribution in [0, 0.1) is 17.8 Å². The van der Waals surface area contributed by atoms with Crippen LogP contribution in [0.15, 0.2) is 0 Å². The zero-order valence-corrected chi connectivity index (χ0v) is 7.43. The Bertz CT molecular complexity index is 223. The summed E-state index contributed by atoms with van der Waals surface area (Å²) in [5, 5.41) is 9.51. The van der Waals surface area contributed by atoms with Gasteiger partial charge in [-0.3, -0.25) is 0 Å². The standard InChI is InChI=1S/C9H13F3O/c1-5-2-7-3-6(5)4-8(7,13)9(10,11)12/h5-7,13H,2-4H2,1H3/t5-,6+,7?,8?/m1/s1. The summed E-state index contributed by atoms with van der Waals surface area (Å²) < 4.78 is 37.4. The zero-order chi connectivity index (χ0) is 9.85. The molecular formula is C9H13F3O. The van der Waals surface area contributed by atoms with Crippen molar-refractivity contribution in [2.24, 2.45) is 17.8 Å². The monoisotopic (exact) mass is 194 g/mol. The largest absolute Gasteiger partial charge is 0.417 e. The van der Waals surface area contributed by atoms with Crippen LogP contribution in [-0.2, 0) is 0 Å². The van der Waals surface area contributed by atoms with E-state index >= 15 is 0 Å². The topological polar surface area (TPSA) is 20.2 Å². The molecule has 0 radical (unpaired) electrons. The Hall–Kier alpha value is -0.250. The summed E-state index contributed by atoms with van der Waals surface area (Å²) in [5.41, 5.74) is -2.37. The Morgan fingerprint density at radius 3 is 2.23 bits per heavy atom. The van der Waals surface area contributed by atoms with Gasteiger partial charge in [0.2, 0.25) is 0 Å². The number of alkyl halides is 3. The lowest BCUT2D eigenvalue weighted by Gasteiger charge is -2.36. The number of aliphatic hydroxyl groups is 1. The summed E-state index contributed by atoms with van der Waals surface area (Å²) in [6.45, 7) is 1.97. The molecule has 1 nitrogen and oxygen atoms in total. The number of hydrogen-bond acceptors (Lipinski definition) is 1. The molecule has 2 rings (SSSR count). The Kier molecular flexibility index (Phi) is 1.72. The number of fused-ring (bicyclic) bond motifs is 2. The summed E-state index contributed by atoms with van der Waals surface area (Å²) in [7, 11) is 0. The second-order valence-corrected chi connectivity index (χ2v) is 4.53. The van der Waals surface area contributed by atoms with Crippen molar-refractivity contribution in [3.8, 4) is 0 Å². The molecule has 76 valence electrons. The Labute approximate surface area is 74.9 Å². The molecule has 2 aliphatic rings. The highest BCUT2D eigenvalue weighted by atomic mass is 19.4. The van der Waals surface area contributed by atoms with Gasteiger partial charge >= 0.3 is 6.18 Å². The highest BCUT2D eigenvalue weighted by molar-refractivity contribution is 5.06. The summed E-state index contributed by atoms with van der Waals surface area (Å²) in [4.78, 5) is 0. The average Bonchev–Trinajstić information content (AvgIpc) is 2.42. The fourth-order valence-corrected chi connectivity index (χ4v) is 2.92. The van der Waals surface area contributed by atoms with E-state index in [2.05, 4.69) is 0 Å². The van der Waals surface area contributed by atoms with E-state index in [1.165, 1.54) is 0 Å². The lowest BCUT2D eigenvalue weighted by atomic mass is 9.79. The molecule has 0 aromatic rings. The van der Waals surface area contributed by atoms with E-state index in [-0.39, 0.29) is 12.3 Å². The first-order valence-electron chi connectivity index (χ1n) is 4.63. The first-order chi connectivity index (χ1) is 5.84. The van der Waals surface area contributed by atoms with Gasteiger partial charge in [0.05, 0.1) is 0 Å². The number of hydrogen-bond donors (Lipinski definition) is 1. The van der Waals surface area contributed by atoms with Crippen LogP contribution in [-0.4, -0.2) is 16.9 Å². The van der Waals surface area contributed by atoms with E-state index < -0.39 is 17.7 Å². The minimum Gasteiger partial charge on any atom is -0.380 e. The van der Waals surface area contributed by atoms with Crippen molar-refractivity contribution < 1.29 is 18.3 Å². The van der Waals surface area contributed by atoms with Gasteiger partial charge in [0.25, 0.3) is 0 Å². The zero-order valence-electron chi connectivity index (χ0n) is 7.43. The van der Waals surface area contributed by atoms with Gasteiger partial charge in [-0.2, -0.15) is 13.2 Å². The fourth-order valence-electron chi connectivity index (χ4n) is 2.92. The smallest absolute Gasteiger partial charge is 0.380 e. The highest BCUT2D eigenvalue weighted by Crippen LogP contribution is 2.58. The lowest BCUT2D eigenvalue weighted by molar-refractivity contribution is -0.278. The Morgan fingerprint density at radius 1 is 1.31 bits per heavy atom. The van der Waals surface area contributed by atoms with E-state index in [1.54, 1.807) is 0 Å². The molecule has 4 atom stereocenters. The third-order valence-electron chi connectivity index (χ3n) is 3.79. The van der Waals surface area contributed by atoms with Crippen LogP contribution < -0.4 is 0 Å². The Balaban J connectivity index is 2.22.